The van der Waals surface area contributed by atoms with Crippen LogP contribution in [0, 0.1) is 0 Å². The highest BCUT2D eigenvalue weighted by atomic mass is 16.2. The Bertz CT molecular complexity index is 1470. The highest BCUT2D eigenvalue weighted by Crippen LogP contribution is 2.27. The van der Waals surface area contributed by atoms with Crippen molar-refractivity contribution in [2.45, 2.75) is 0 Å². The first-order valence-corrected chi connectivity index (χ1v) is 11.4. The fraction of sp³-hybridized carbons (Fsp3) is 0. The van der Waals surface area contributed by atoms with Crippen molar-refractivity contribution in [3.8, 4) is 0 Å². The van der Waals surface area contributed by atoms with Crippen LogP contribution in [0.3, 0.4) is 0 Å². The Morgan fingerprint density at radius 3 is 1.24 bits per heavy atom. The Kier molecular flexibility index (Phi) is 6.20. The second-order valence-electron chi connectivity index (χ2n) is 8.31. The maximum absolute atomic E-state index is 13.0. The van der Waals surface area contributed by atoms with Gasteiger partial charge in [0.1, 0.15) is 0 Å². The van der Waals surface area contributed by atoms with E-state index in [1.54, 1.807) is 84.9 Å². The summed E-state index contributed by atoms with van der Waals surface area (Å²) >= 11 is 0. The third-order valence-corrected chi connectivity index (χ3v) is 5.78. The van der Waals surface area contributed by atoms with Gasteiger partial charge in [0.25, 0.3) is 23.6 Å². The number of nitrogens with two attached hydrogens (primary N) is 2. The summed E-state index contributed by atoms with van der Waals surface area (Å²) in [5.74, 6) is -2.64. The predicted octanol–water partition coefficient (Wildman–Crippen LogP) is 2.23. The average molecular weight is 505 g/mol. The third-order valence-electron chi connectivity index (χ3n) is 5.78. The Labute approximate surface area is 216 Å². The Hall–Kier alpha value is -5.64. The highest BCUT2D eigenvalue weighted by molar-refractivity contribution is 6.56. The van der Waals surface area contributed by atoms with E-state index in [2.05, 4.69) is 10.2 Å². The van der Waals surface area contributed by atoms with Gasteiger partial charge in [-0.25, -0.2) is 0 Å². The number of carbonyl (C=O) groups is 4. The number of para-hydroxylation sites is 2. The largest absolute Gasteiger partial charge is 0.364 e. The van der Waals surface area contributed by atoms with Gasteiger partial charge in [0.05, 0.1) is 22.5 Å². The average Bonchev–Trinajstić information content (AvgIpc) is 3.43. The van der Waals surface area contributed by atoms with Crippen LogP contribution >= 0.6 is 0 Å². The van der Waals surface area contributed by atoms with Crippen molar-refractivity contribution >= 4 is 58.6 Å². The van der Waals surface area contributed by atoms with Gasteiger partial charge >= 0.3 is 0 Å². The molecule has 2 aliphatic heterocycles. The lowest BCUT2D eigenvalue weighted by atomic mass is 10.0. The van der Waals surface area contributed by atoms with Crippen LogP contribution in [-0.2, 0) is 19.2 Å². The van der Waals surface area contributed by atoms with Gasteiger partial charge in [-0.2, -0.15) is 20.2 Å². The van der Waals surface area contributed by atoms with E-state index in [9.17, 15) is 19.2 Å². The lowest BCUT2D eigenvalue weighted by Gasteiger charge is -2.11. The first kappa shape index (κ1) is 24.1. The quantitative estimate of drug-likeness (QED) is 0.495. The molecule has 0 spiro atoms. The minimum absolute atomic E-state index is 0.0556. The Balaban J connectivity index is 1.43. The summed E-state index contributed by atoms with van der Waals surface area (Å²) in [7, 11) is 0. The van der Waals surface area contributed by atoms with Gasteiger partial charge < -0.3 is 11.5 Å². The van der Waals surface area contributed by atoms with Crippen molar-refractivity contribution in [1.82, 2.24) is 0 Å². The van der Waals surface area contributed by atoms with Crippen molar-refractivity contribution < 1.29 is 19.2 Å². The SMILES string of the molecule is NC(=O)C1=NN(c2ccccc2)C(=O)C1=Cc1ccc(C=C2C(=O)N(c3ccccc3)N=C2C(N)=O)cc1. The molecule has 0 unspecified atom stereocenters. The molecular formula is C28H20N6O4. The van der Waals surface area contributed by atoms with Crippen LogP contribution in [0.1, 0.15) is 11.1 Å². The molecule has 10 nitrogen and oxygen atoms in total. The molecule has 5 rings (SSSR count). The molecule has 10 heteroatoms. The molecule has 0 saturated heterocycles. The van der Waals surface area contributed by atoms with Crippen LogP contribution in [-0.4, -0.2) is 35.1 Å². The molecule has 2 heterocycles. The molecule has 38 heavy (non-hydrogen) atoms. The van der Waals surface area contributed by atoms with Gasteiger partial charge in [0, 0.05) is 0 Å². The summed E-state index contributed by atoms with van der Waals surface area (Å²) in [4.78, 5) is 50.1. The van der Waals surface area contributed by atoms with Crippen LogP contribution in [0.15, 0.2) is 106 Å². The third kappa shape index (κ3) is 4.49. The maximum atomic E-state index is 13.0. The van der Waals surface area contributed by atoms with Crippen molar-refractivity contribution in [2.24, 2.45) is 21.7 Å². The molecule has 4 amide bonds. The van der Waals surface area contributed by atoms with Crippen molar-refractivity contribution in [3.05, 3.63) is 107 Å². The van der Waals surface area contributed by atoms with Crippen molar-refractivity contribution in [3.63, 3.8) is 0 Å². The van der Waals surface area contributed by atoms with Gasteiger partial charge in [-0.3, -0.25) is 19.2 Å². The van der Waals surface area contributed by atoms with Crippen LogP contribution in [0.5, 0.6) is 0 Å². The molecule has 0 saturated carbocycles. The number of hydrogen-bond acceptors (Lipinski definition) is 6. The number of rotatable bonds is 6. The zero-order valence-corrected chi connectivity index (χ0v) is 19.8. The number of hydrazone groups is 2. The molecule has 4 N–H and O–H groups in total. The fourth-order valence-electron chi connectivity index (χ4n) is 3.96. The second-order valence-corrected chi connectivity index (χ2v) is 8.31. The lowest BCUT2D eigenvalue weighted by Crippen LogP contribution is -2.25. The van der Waals surface area contributed by atoms with Gasteiger partial charge in [-0.1, -0.05) is 60.7 Å². The van der Waals surface area contributed by atoms with Gasteiger partial charge in [-0.15, -0.1) is 0 Å². The van der Waals surface area contributed by atoms with E-state index in [0.717, 1.165) is 10.0 Å². The van der Waals surface area contributed by atoms with E-state index < -0.39 is 23.6 Å². The van der Waals surface area contributed by atoms with Crippen molar-refractivity contribution in [2.75, 3.05) is 10.0 Å². The molecule has 0 bridgehead atoms. The fourth-order valence-corrected chi connectivity index (χ4v) is 3.96. The maximum Gasteiger partial charge on any atom is 0.281 e. The number of anilines is 2. The minimum atomic E-state index is -0.828. The van der Waals surface area contributed by atoms with E-state index in [4.69, 9.17) is 11.5 Å². The Morgan fingerprint density at radius 2 is 0.921 bits per heavy atom. The van der Waals surface area contributed by atoms with Crippen LogP contribution in [0.2, 0.25) is 0 Å². The summed E-state index contributed by atoms with van der Waals surface area (Å²) in [6.45, 7) is 0. The zero-order chi connectivity index (χ0) is 26.8. The molecule has 3 aromatic rings. The smallest absolute Gasteiger partial charge is 0.281 e. The molecule has 0 aromatic heterocycles. The van der Waals surface area contributed by atoms with Crippen LogP contribution < -0.4 is 21.5 Å². The van der Waals surface area contributed by atoms with Gasteiger partial charge in [0.2, 0.25) is 0 Å². The molecule has 186 valence electrons. The number of amides is 4. The topological polar surface area (TPSA) is 152 Å². The van der Waals surface area contributed by atoms with E-state index in [1.807, 2.05) is 0 Å². The summed E-state index contributed by atoms with van der Waals surface area (Å²) in [5.41, 5.74) is 13.0. The molecule has 0 atom stereocenters. The first-order chi connectivity index (χ1) is 18.3. The number of carbonyl (C=O) groups excluding carboxylic acids is 4. The summed E-state index contributed by atoms with van der Waals surface area (Å²) in [6.07, 6.45) is 3.03. The van der Waals surface area contributed by atoms with Crippen LogP contribution in [0.4, 0.5) is 11.4 Å². The molecular weight excluding hydrogens is 484 g/mol. The lowest BCUT2D eigenvalue weighted by molar-refractivity contribution is -0.115. The predicted molar refractivity (Wildman–Crippen MR) is 144 cm³/mol. The number of nitrogens with zero attached hydrogens (tertiary/aromatic N) is 4. The molecule has 0 radical (unpaired) electrons. The van der Waals surface area contributed by atoms with E-state index in [-0.39, 0.29) is 22.6 Å². The monoisotopic (exact) mass is 504 g/mol. The summed E-state index contributed by atoms with van der Waals surface area (Å²) < 4.78 is 0. The molecule has 0 aliphatic carbocycles. The van der Waals surface area contributed by atoms with E-state index in [1.165, 1.54) is 12.2 Å². The number of hydrogen-bond donors (Lipinski definition) is 2. The molecule has 3 aromatic carbocycles. The van der Waals surface area contributed by atoms with Crippen molar-refractivity contribution in [1.29, 1.82) is 0 Å². The van der Waals surface area contributed by atoms with E-state index >= 15 is 0 Å². The van der Waals surface area contributed by atoms with Gasteiger partial charge in [-0.05, 0) is 47.5 Å². The summed E-state index contributed by atoms with van der Waals surface area (Å²) in [5, 5.41) is 10.5. The van der Waals surface area contributed by atoms with E-state index in [0.29, 0.717) is 22.5 Å². The first-order valence-electron chi connectivity index (χ1n) is 11.4. The zero-order valence-electron chi connectivity index (χ0n) is 19.8. The van der Waals surface area contributed by atoms with Gasteiger partial charge in [0.15, 0.2) is 11.4 Å². The summed E-state index contributed by atoms with van der Waals surface area (Å²) in [6, 6.07) is 24.1. The number of benzene rings is 3. The minimum Gasteiger partial charge on any atom is -0.364 e. The number of primary amides is 2. The molecule has 2 aliphatic rings. The standard InChI is InChI=1S/C28H20N6O4/c29-25(35)23-21(27(37)33(31-23)19-7-3-1-4-8-19)15-17-11-13-18(14-12-17)16-22-24(26(30)36)32-34(28(22)38)20-9-5-2-6-10-20/h1-16H,(H2,29,35)(H2,30,36). The normalized spacial score (nSPS) is 17.3. The highest BCUT2D eigenvalue weighted by Gasteiger charge is 2.35. The van der Waals surface area contributed by atoms with Crippen LogP contribution in [0.25, 0.3) is 12.2 Å². The Morgan fingerprint density at radius 1 is 0.579 bits per heavy atom. The second kappa shape index (κ2) is 9.78. The molecule has 0 fully saturated rings.